The van der Waals surface area contributed by atoms with Crippen LogP contribution in [0, 0.1) is 6.92 Å². The summed E-state index contributed by atoms with van der Waals surface area (Å²) in [6.07, 6.45) is 0.786. The van der Waals surface area contributed by atoms with E-state index < -0.39 is 0 Å². The Balaban J connectivity index is 1.98. The van der Waals surface area contributed by atoms with E-state index in [9.17, 15) is 4.79 Å². The minimum Gasteiger partial charge on any atom is -0.493 e. The van der Waals surface area contributed by atoms with Gasteiger partial charge in [-0.25, -0.2) is 4.98 Å². The molecule has 0 spiro atoms. The van der Waals surface area contributed by atoms with Crippen LogP contribution in [0.2, 0.25) is 0 Å². The third kappa shape index (κ3) is 3.98. The number of aromatic nitrogens is 2. The minimum absolute atomic E-state index is 0.156. The Kier molecular flexibility index (Phi) is 4.81. The Labute approximate surface area is 123 Å². The zero-order valence-electron chi connectivity index (χ0n) is 12.4. The highest BCUT2D eigenvalue weighted by Gasteiger charge is 2.04. The second-order valence-corrected chi connectivity index (χ2v) is 4.58. The number of rotatable bonds is 6. The van der Waals surface area contributed by atoms with Gasteiger partial charge in [0.05, 0.1) is 14.2 Å². The van der Waals surface area contributed by atoms with Crippen molar-refractivity contribution in [3.8, 4) is 11.5 Å². The molecule has 0 atom stereocenters. The fourth-order valence-corrected chi connectivity index (χ4v) is 2.04. The summed E-state index contributed by atoms with van der Waals surface area (Å²) >= 11 is 0. The van der Waals surface area contributed by atoms with Crippen LogP contribution in [0.3, 0.4) is 0 Å². The molecule has 0 aliphatic carbocycles. The molecule has 0 fully saturated rings. The van der Waals surface area contributed by atoms with Crippen molar-refractivity contribution in [3.63, 3.8) is 0 Å². The maximum Gasteiger partial charge on any atom is 0.252 e. The minimum atomic E-state index is -0.156. The zero-order chi connectivity index (χ0) is 15.2. The van der Waals surface area contributed by atoms with Gasteiger partial charge < -0.3 is 19.8 Å². The molecule has 0 aliphatic rings. The van der Waals surface area contributed by atoms with Crippen LogP contribution in [0.25, 0.3) is 0 Å². The van der Waals surface area contributed by atoms with Crippen LogP contribution in [0.15, 0.2) is 29.1 Å². The quantitative estimate of drug-likeness (QED) is 0.847. The van der Waals surface area contributed by atoms with Gasteiger partial charge in [0.15, 0.2) is 11.5 Å². The Bertz CT molecular complexity index is 667. The number of nitrogens with one attached hydrogen (secondary N) is 2. The fourth-order valence-electron chi connectivity index (χ4n) is 2.04. The summed E-state index contributed by atoms with van der Waals surface area (Å²) in [6.45, 7) is 2.42. The van der Waals surface area contributed by atoms with Gasteiger partial charge >= 0.3 is 0 Å². The van der Waals surface area contributed by atoms with Gasteiger partial charge in [0.1, 0.15) is 11.6 Å². The van der Waals surface area contributed by atoms with Gasteiger partial charge in [-0.05, 0) is 31.0 Å². The molecule has 1 aromatic carbocycles. The largest absolute Gasteiger partial charge is 0.493 e. The molecule has 112 valence electrons. The molecule has 2 aromatic rings. The number of methoxy groups -OCH3 is 2. The number of aryl methyl sites for hydroxylation is 1. The zero-order valence-corrected chi connectivity index (χ0v) is 12.4. The number of ether oxygens (including phenoxy) is 2. The molecule has 0 radical (unpaired) electrons. The highest BCUT2D eigenvalue weighted by molar-refractivity contribution is 5.43. The van der Waals surface area contributed by atoms with E-state index in [1.807, 2.05) is 18.2 Å². The van der Waals surface area contributed by atoms with Crippen molar-refractivity contribution >= 4 is 5.82 Å². The normalized spacial score (nSPS) is 10.2. The summed E-state index contributed by atoms with van der Waals surface area (Å²) in [6, 6.07) is 7.25. The van der Waals surface area contributed by atoms with Crippen molar-refractivity contribution in [2.75, 3.05) is 26.1 Å². The summed E-state index contributed by atoms with van der Waals surface area (Å²) in [5.41, 5.74) is 0.956. The van der Waals surface area contributed by atoms with Gasteiger partial charge in [-0.3, -0.25) is 4.79 Å². The topological polar surface area (TPSA) is 76.2 Å². The Morgan fingerprint density at radius 2 is 1.95 bits per heavy atom. The molecular formula is C15H19N3O3. The van der Waals surface area contributed by atoms with Gasteiger partial charge in [0.25, 0.3) is 5.56 Å². The molecule has 2 rings (SSSR count). The van der Waals surface area contributed by atoms with E-state index in [2.05, 4.69) is 15.3 Å². The van der Waals surface area contributed by atoms with E-state index in [0.29, 0.717) is 29.7 Å². The maximum atomic E-state index is 11.3. The van der Waals surface area contributed by atoms with Crippen LogP contribution in [-0.4, -0.2) is 30.7 Å². The van der Waals surface area contributed by atoms with Crippen molar-refractivity contribution in [3.05, 3.63) is 46.0 Å². The second kappa shape index (κ2) is 6.78. The standard InChI is InChI=1S/C15H19N3O3/c1-10-17-14(9-15(19)18-10)16-7-6-11-4-5-12(20-2)13(8-11)21-3/h4-5,8-9H,6-7H2,1-3H3,(H2,16,17,18,19). The van der Waals surface area contributed by atoms with Crippen molar-refractivity contribution in [1.29, 1.82) is 0 Å². The molecule has 2 N–H and O–H groups in total. The van der Waals surface area contributed by atoms with Gasteiger partial charge in [0.2, 0.25) is 0 Å². The molecule has 0 unspecified atom stereocenters. The fraction of sp³-hybridized carbons (Fsp3) is 0.333. The predicted molar refractivity (Wildman–Crippen MR) is 81.3 cm³/mol. The lowest BCUT2D eigenvalue weighted by molar-refractivity contribution is 0.354. The lowest BCUT2D eigenvalue weighted by Crippen LogP contribution is -2.13. The Hall–Kier alpha value is -2.50. The molecule has 0 saturated carbocycles. The van der Waals surface area contributed by atoms with E-state index in [-0.39, 0.29) is 5.56 Å². The molecule has 0 bridgehead atoms. The summed E-state index contributed by atoms with van der Waals surface area (Å²) in [5, 5.41) is 3.14. The predicted octanol–water partition coefficient (Wildman–Crippen LogP) is 1.75. The maximum absolute atomic E-state index is 11.3. The first-order valence-electron chi connectivity index (χ1n) is 6.65. The van der Waals surface area contributed by atoms with E-state index >= 15 is 0 Å². The van der Waals surface area contributed by atoms with Crippen molar-refractivity contribution in [1.82, 2.24) is 9.97 Å². The molecular weight excluding hydrogens is 270 g/mol. The van der Waals surface area contributed by atoms with E-state index in [1.54, 1.807) is 21.1 Å². The van der Waals surface area contributed by atoms with Gasteiger partial charge in [-0.15, -0.1) is 0 Å². The number of nitrogens with zero attached hydrogens (tertiary/aromatic N) is 1. The number of H-pyrrole nitrogens is 1. The summed E-state index contributed by atoms with van der Waals surface area (Å²) in [4.78, 5) is 18.2. The molecule has 0 amide bonds. The van der Waals surface area contributed by atoms with Gasteiger partial charge in [0, 0.05) is 12.6 Å². The first-order chi connectivity index (χ1) is 10.1. The smallest absolute Gasteiger partial charge is 0.252 e. The first-order valence-corrected chi connectivity index (χ1v) is 6.65. The van der Waals surface area contributed by atoms with Crippen LogP contribution in [0.1, 0.15) is 11.4 Å². The number of benzene rings is 1. The Morgan fingerprint density at radius 1 is 1.19 bits per heavy atom. The van der Waals surface area contributed by atoms with E-state index in [1.165, 1.54) is 6.07 Å². The lowest BCUT2D eigenvalue weighted by Gasteiger charge is -2.10. The molecule has 6 nitrogen and oxygen atoms in total. The van der Waals surface area contributed by atoms with Crippen LogP contribution in [0.5, 0.6) is 11.5 Å². The first kappa shape index (κ1) is 14.9. The molecule has 21 heavy (non-hydrogen) atoms. The SMILES string of the molecule is COc1ccc(CCNc2cc(=O)[nH]c(C)n2)cc1OC. The van der Waals surface area contributed by atoms with Crippen LogP contribution >= 0.6 is 0 Å². The molecule has 6 heteroatoms. The van der Waals surface area contributed by atoms with Crippen LogP contribution in [-0.2, 0) is 6.42 Å². The number of aromatic amines is 1. The van der Waals surface area contributed by atoms with Crippen molar-refractivity contribution < 1.29 is 9.47 Å². The highest BCUT2D eigenvalue weighted by Crippen LogP contribution is 2.27. The third-order valence-electron chi connectivity index (χ3n) is 3.03. The summed E-state index contributed by atoms with van der Waals surface area (Å²) in [5.74, 6) is 2.59. The van der Waals surface area contributed by atoms with Gasteiger partial charge in [-0.1, -0.05) is 6.07 Å². The van der Waals surface area contributed by atoms with Crippen LogP contribution < -0.4 is 20.3 Å². The molecule has 1 aromatic heterocycles. The van der Waals surface area contributed by atoms with E-state index in [0.717, 1.165) is 12.0 Å². The Morgan fingerprint density at radius 3 is 2.62 bits per heavy atom. The molecule has 0 saturated heterocycles. The van der Waals surface area contributed by atoms with Crippen LogP contribution in [0.4, 0.5) is 5.82 Å². The van der Waals surface area contributed by atoms with Gasteiger partial charge in [-0.2, -0.15) is 0 Å². The molecule has 0 aliphatic heterocycles. The third-order valence-corrected chi connectivity index (χ3v) is 3.03. The number of anilines is 1. The lowest BCUT2D eigenvalue weighted by atomic mass is 10.1. The van der Waals surface area contributed by atoms with Crippen molar-refractivity contribution in [2.45, 2.75) is 13.3 Å². The van der Waals surface area contributed by atoms with E-state index in [4.69, 9.17) is 9.47 Å². The number of hydrogen-bond donors (Lipinski definition) is 2. The van der Waals surface area contributed by atoms with Crippen molar-refractivity contribution in [2.24, 2.45) is 0 Å². The second-order valence-electron chi connectivity index (χ2n) is 4.58. The average Bonchev–Trinajstić information content (AvgIpc) is 2.46. The monoisotopic (exact) mass is 289 g/mol. The summed E-state index contributed by atoms with van der Waals surface area (Å²) < 4.78 is 10.5. The molecule has 1 heterocycles. The average molecular weight is 289 g/mol. The highest BCUT2D eigenvalue weighted by atomic mass is 16.5. The number of hydrogen-bond acceptors (Lipinski definition) is 5. The summed E-state index contributed by atoms with van der Waals surface area (Å²) in [7, 11) is 3.23.